The van der Waals surface area contributed by atoms with Gasteiger partial charge in [0.05, 0.1) is 17.8 Å². The van der Waals surface area contributed by atoms with Crippen molar-refractivity contribution in [3.05, 3.63) is 47.9 Å². The second-order valence-electron chi connectivity index (χ2n) is 7.33. The Morgan fingerprint density at radius 1 is 1.27 bits per heavy atom. The number of benzene rings is 1. The third-order valence-corrected chi connectivity index (χ3v) is 5.30. The number of anilines is 2. The number of carbonyl (C=O) groups excluding carboxylic acids is 2. The summed E-state index contributed by atoms with van der Waals surface area (Å²) in [4.78, 5) is 31.7. The molecular formula is C22H24N4O4. The van der Waals surface area contributed by atoms with E-state index in [1.54, 1.807) is 26.1 Å². The summed E-state index contributed by atoms with van der Waals surface area (Å²) in [6.45, 7) is 5.16. The number of piperidine rings is 1. The minimum Gasteiger partial charge on any atom is -0.462 e. The molecule has 30 heavy (non-hydrogen) atoms. The number of rotatable bonds is 5. The Balaban J connectivity index is 1.54. The van der Waals surface area contributed by atoms with Crippen molar-refractivity contribution in [2.24, 2.45) is 5.92 Å². The molecule has 0 radical (unpaired) electrons. The average Bonchev–Trinajstić information content (AvgIpc) is 3.17. The highest BCUT2D eigenvalue weighted by atomic mass is 16.5. The van der Waals surface area contributed by atoms with Crippen LogP contribution >= 0.6 is 0 Å². The van der Waals surface area contributed by atoms with Gasteiger partial charge >= 0.3 is 5.97 Å². The molecule has 8 heteroatoms. The third kappa shape index (κ3) is 3.98. The highest BCUT2D eigenvalue weighted by Crippen LogP contribution is 2.33. The number of carbonyl (C=O) groups is 2. The standard InChI is InChI=1S/C22H24N4O4/c1-3-29-22(28)17-13-23-18-7-5-4-6-16(18)20(17)26-10-8-15(9-11-26)21(27)24-19-12-14(2)30-25-19/h4-7,12-13,15H,3,8-11H2,1-2H3,(H,24,25,27). The molecule has 0 atom stereocenters. The average molecular weight is 408 g/mol. The maximum Gasteiger partial charge on any atom is 0.341 e. The lowest BCUT2D eigenvalue weighted by Gasteiger charge is -2.34. The van der Waals surface area contributed by atoms with Crippen molar-refractivity contribution in [3.63, 3.8) is 0 Å². The molecule has 0 aliphatic carbocycles. The van der Waals surface area contributed by atoms with E-state index in [2.05, 4.69) is 20.4 Å². The van der Waals surface area contributed by atoms with Gasteiger partial charge in [-0.15, -0.1) is 0 Å². The zero-order chi connectivity index (χ0) is 21.1. The van der Waals surface area contributed by atoms with E-state index in [1.807, 2.05) is 24.3 Å². The van der Waals surface area contributed by atoms with Gasteiger partial charge in [-0.2, -0.15) is 0 Å². The number of aromatic nitrogens is 2. The van der Waals surface area contributed by atoms with Crippen LogP contribution in [0.5, 0.6) is 0 Å². The predicted octanol–water partition coefficient (Wildman–Crippen LogP) is 3.56. The van der Waals surface area contributed by atoms with Crippen LogP contribution in [0.1, 0.15) is 35.9 Å². The molecule has 1 amide bonds. The van der Waals surface area contributed by atoms with Crippen LogP contribution in [0.15, 0.2) is 41.1 Å². The molecule has 1 fully saturated rings. The lowest BCUT2D eigenvalue weighted by atomic mass is 9.94. The summed E-state index contributed by atoms with van der Waals surface area (Å²) >= 11 is 0. The number of hydrogen-bond donors (Lipinski definition) is 1. The fraction of sp³-hybridized carbons (Fsp3) is 0.364. The number of esters is 1. The SMILES string of the molecule is CCOC(=O)c1cnc2ccccc2c1N1CCC(C(=O)Nc2cc(C)on2)CC1. The molecule has 1 aliphatic rings. The molecule has 3 heterocycles. The minimum atomic E-state index is -0.382. The first-order chi connectivity index (χ1) is 14.6. The summed E-state index contributed by atoms with van der Waals surface area (Å²) in [5, 5.41) is 7.54. The molecular weight excluding hydrogens is 384 g/mol. The van der Waals surface area contributed by atoms with Crippen molar-refractivity contribution in [3.8, 4) is 0 Å². The van der Waals surface area contributed by atoms with Crippen molar-refractivity contribution in [1.29, 1.82) is 0 Å². The number of amides is 1. The van der Waals surface area contributed by atoms with Gasteiger partial charge in [-0.3, -0.25) is 9.78 Å². The molecule has 0 spiro atoms. The van der Waals surface area contributed by atoms with E-state index in [9.17, 15) is 9.59 Å². The van der Waals surface area contributed by atoms with E-state index in [0.717, 1.165) is 16.6 Å². The largest absolute Gasteiger partial charge is 0.462 e. The Hall–Kier alpha value is -3.42. The Bertz CT molecular complexity index is 1070. The first-order valence-electron chi connectivity index (χ1n) is 10.1. The summed E-state index contributed by atoms with van der Waals surface area (Å²) in [6.07, 6.45) is 2.92. The van der Waals surface area contributed by atoms with Gasteiger partial charge in [0.2, 0.25) is 5.91 Å². The lowest BCUT2D eigenvalue weighted by molar-refractivity contribution is -0.120. The van der Waals surface area contributed by atoms with Gasteiger partial charge in [-0.25, -0.2) is 4.79 Å². The van der Waals surface area contributed by atoms with Crippen molar-refractivity contribution in [2.75, 3.05) is 29.9 Å². The van der Waals surface area contributed by atoms with E-state index >= 15 is 0 Å². The summed E-state index contributed by atoms with van der Waals surface area (Å²) < 4.78 is 10.3. The Kier molecular flexibility index (Phi) is 5.65. The topological polar surface area (TPSA) is 97.6 Å². The maximum atomic E-state index is 12.6. The number of aryl methyl sites for hydroxylation is 1. The van der Waals surface area contributed by atoms with Crippen molar-refractivity contribution in [1.82, 2.24) is 10.1 Å². The van der Waals surface area contributed by atoms with Gasteiger partial charge in [0.1, 0.15) is 11.3 Å². The summed E-state index contributed by atoms with van der Waals surface area (Å²) in [7, 11) is 0. The van der Waals surface area contributed by atoms with Crippen LogP contribution in [0.25, 0.3) is 10.9 Å². The van der Waals surface area contributed by atoms with Gasteiger partial charge in [-0.1, -0.05) is 23.4 Å². The third-order valence-electron chi connectivity index (χ3n) is 5.30. The van der Waals surface area contributed by atoms with Crippen LogP contribution in [0.2, 0.25) is 0 Å². The molecule has 1 saturated heterocycles. The fourth-order valence-corrected chi connectivity index (χ4v) is 3.84. The van der Waals surface area contributed by atoms with Crippen molar-refractivity contribution < 1.29 is 18.8 Å². The van der Waals surface area contributed by atoms with Gasteiger partial charge in [0.25, 0.3) is 0 Å². The van der Waals surface area contributed by atoms with Crippen LogP contribution in [-0.4, -0.2) is 41.7 Å². The van der Waals surface area contributed by atoms with Crippen LogP contribution in [0.3, 0.4) is 0 Å². The zero-order valence-corrected chi connectivity index (χ0v) is 17.1. The maximum absolute atomic E-state index is 12.6. The Labute approximate surface area is 174 Å². The fourth-order valence-electron chi connectivity index (χ4n) is 3.84. The number of ether oxygens (including phenoxy) is 1. The van der Waals surface area contributed by atoms with E-state index in [1.165, 1.54) is 0 Å². The molecule has 0 unspecified atom stereocenters. The number of nitrogens with zero attached hydrogens (tertiary/aromatic N) is 3. The Morgan fingerprint density at radius 3 is 2.73 bits per heavy atom. The zero-order valence-electron chi connectivity index (χ0n) is 17.1. The monoisotopic (exact) mass is 408 g/mol. The highest BCUT2D eigenvalue weighted by Gasteiger charge is 2.29. The molecule has 0 bridgehead atoms. The summed E-state index contributed by atoms with van der Waals surface area (Å²) in [5.74, 6) is 0.512. The van der Waals surface area contributed by atoms with Crippen LogP contribution in [-0.2, 0) is 9.53 Å². The summed E-state index contributed by atoms with van der Waals surface area (Å²) in [6, 6.07) is 9.44. The van der Waals surface area contributed by atoms with Gasteiger partial charge in [0.15, 0.2) is 5.82 Å². The molecule has 4 rings (SSSR count). The predicted molar refractivity (Wildman–Crippen MR) is 113 cm³/mol. The first-order valence-corrected chi connectivity index (χ1v) is 10.1. The van der Waals surface area contributed by atoms with Crippen LogP contribution in [0, 0.1) is 12.8 Å². The molecule has 3 aromatic rings. The minimum absolute atomic E-state index is 0.0619. The smallest absolute Gasteiger partial charge is 0.341 e. The number of fused-ring (bicyclic) bond motifs is 1. The normalized spacial score (nSPS) is 14.7. The highest BCUT2D eigenvalue weighted by molar-refractivity contribution is 6.05. The molecule has 1 aromatic carbocycles. The van der Waals surface area contributed by atoms with E-state index < -0.39 is 0 Å². The summed E-state index contributed by atoms with van der Waals surface area (Å²) in [5.41, 5.74) is 2.10. The van der Waals surface area contributed by atoms with Crippen LogP contribution < -0.4 is 10.2 Å². The van der Waals surface area contributed by atoms with Crippen LogP contribution in [0.4, 0.5) is 11.5 Å². The quantitative estimate of drug-likeness (QED) is 0.645. The van der Waals surface area contributed by atoms with Crippen molar-refractivity contribution in [2.45, 2.75) is 26.7 Å². The number of nitrogens with one attached hydrogen (secondary N) is 1. The number of hydrogen-bond acceptors (Lipinski definition) is 7. The van der Waals surface area contributed by atoms with E-state index in [-0.39, 0.29) is 17.8 Å². The lowest BCUT2D eigenvalue weighted by Crippen LogP contribution is -2.39. The molecule has 2 aromatic heterocycles. The van der Waals surface area contributed by atoms with E-state index in [4.69, 9.17) is 9.26 Å². The number of pyridine rings is 1. The molecule has 8 nitrogen and oxygen atoms in total. The van der Waals surface area contributed by atoms with E-state index in [0.29, 0.717) is 49.7 Å². The molecule has 156 valence electrons. The molecule has 1 N–H and O–H groups in total. The molecule has 0 saturated carbocycles. The van der Waals surface area contributed by atoms with Gasteiger partial charge < -0.3 is 19.5 Å². The van der Waals surface area contributed by atoms with Gasteiger partial charge in [-0.05, 0) is 32.8 Å². The van der Waals surface area contributed by atoms with Gasteiger partial charge in [0, 0.05) is 36.7 Å². The van der Waals surface area contributed by atoms with Crippen molar-refractivity contribution >= 4 is 34.3 Å². The molecule has 1 aliphatic heterocycles. The number of para-hydroxylation sites is 1. The second-order valence-corrected chi connectivity index (χ2v) is 7.33. The second kappa shape index (κ2) is 8.52. The Morgan fingerprint density at radius 2 is 2.03 bits per heavy atom. The first kappa shape index (κ1) is 19.9.